The highest BCUT2D eigenvalue weighted by molar-refractivity contribution is 8.06. The van der Waals surface area contributed by atoms with Crippen LogP contribution in [0, 0.1) is 10.8 Å². The maximum absolute atomic E-state index is 7.52. The van der Waals surface area contributed by atoms with E-state index in [0.29, 0.717) is 11.5 Å². The van der Waals surface area contributed by atoms with Gasteiger partial charge in [0.25, 0.3) is 6.71 Å². The number of ether oxygens (including phenoxy) is 6. The third-order valence-electron chi connectivity index (χ3n) is 20.0. The summed E-state index contributed by atoms with van der Waals surface area (Å²) in [5, 5.41) is 0.0530. The lowest BCUT2D eigenvalue weighted by atomic mass is 9.30. The Morgan fingerprint density at radius 1 is 0.292 bits per heavy atom. The Labute approximate surface area is 569 Å². The van der Waals surface area contributed by atoms with Crippen molar-refractivity contribution in [2.45, 2.75) is 64.0 Å². The monoisotopic (exact) mass is 1280 g/mol. The van der Waals surface area contributed by atoms with E-state index >= 15 is 0 Å². The third-order valence-corrected chi connectivity index (χ3v) is 23.6. The lowest BCUT2D eigenvalue weighted by Gasteiger charge is -2.41. The molecule has 9 nitrogen and oxygen atoms in total. The van der Waals surface area contributed by atoms with Crippen LogP contribution in [0.4, 0.5) is 51.2 Å². The van der Waals surface area contributed by atoms with E-state index in [0.717, 1.165) is 135 Å². The molecular weight excluding hydrogens is 1220 g/mol. The second kappa shape index (κ2) is 21.8. The summed E-state index contributed by atoms with van der Waals surface area (Å²) in [4.78, 5) is 9.50. The summed E-state index contributed by atoms with van der Waals surface area (Å²) in [6.07, 6.45) is 4.38. The Bertz CT molecular complexity index is 4670. The van der Waals surface area contributed by atoms with E-state index in [1.54, 1.807) is 0 Å². The van der Waals surface area contributed by atoms with Gasteiger partial charge in [-0.2, -0.15) is 0 Å². The van der Waals surface area contributed by atoms with Gasteiger partial charge in [0.2, 0.25) is 13.4 Å². The van der Waals surface area contributed by atoms with Crippen LogP contribution in [0.2, 0.25) is 0 Å². The molecule has 8 heterocycles. The average Bonchev–Trinajstić information content (AvgIpc) is 1.30. The van der Waals surface area contributed by atoms with Gasteiger partial charge in [-0.05, 0) is 127 Å². The van der Waals surface area contributed by atoms with E-state index in [1.165, 1.54) is 9.81 Å². The molecule has 0 aromatic heterocycles. The van der Waals surface area contributed by atoms with E-state index in [9.17, 15) is 0 Å². The van der Waals surface area contributed by atoms with Crippen LogP contribution in [0.15, 0.2) is 265 Å². The zero-order chi connectivity index (χ0) is 64.3. The molecule has 14 heteroatoms. The van der Waals surface area contributed by atoms with Crippen molar-refractivity contribution in [3.63, 3.8) is 0 Å². The van der Waals surface area contributed by atoms with Gasteiger partial charge in [-0.25, -0.2) is 0 Å². The zero-order valence-electron chi connectivity index (χ0n) is 53.9. The predicted octanol–water partition coefficient (Wildman–Crippen LogP) is 16.9. The van der Waals surface area contributed by atoms with Crippen LogP contribution in [-0.4, -0.2) is 42.6 Å². The molecule has 0 aliphatic carbocycles. The van der Waals surface area contributed by atoms with Crippen LogP contribution in [0.25, 0.3) is 0 Å². The molecule has 11 aromatic rings. The summed E-state index contributed by atoms with van der Waals surface area (Å²) in [7, 11) is 0. The van der Waals surface area contributed by atoms with Gasteiger partial charge in [0, 0.05) is 109 Å². The van der Waals surface area contributed by atoms with Crippen molar-refractivity contribution in [3.8, 4) is 57.5 Å². The first kappa shape index (κ1) is 57.4. The molecule has 0 spiro atoms. The van der Waals surface area contributed by atoms with E-state index in [4.69, 9.17) is 28.4 Å². The molecule has 0 radical (unpaired) electrons. The quantitative estimate of drug-likeness (QED) is 0.130. The van der Waals surface area contributed by atoms with Crippen LogP contribution in [0.1, 0.15) is 41.5 Å². The molecule has 0 bridgehead atoms. The molecule has 0 saturated carbocycles. The Morgan fingerprint density at radius 2 is 0.562 bits per heavy atom. The van der Waals surface area contributed by atoms with Gasteiger partial charge >= 0.3 is 0 Å². The summed E-state index contributed by atoms with van der Waals surface area (Å²) >= 11 is 3.91. The zero-order valence-corrected chi connectivity index (χ0v) is 55.5. The van der Waals surface area contributed by atoms with Gasteiger partial charge in [-0.3, -0.25) is 0 Å². The van der Waals surface area contributed by atoms with E-state index < -0.39 is 0 Å². The van der Waals surface area contributed by atoms with Crippen molar-refractivity contribution in [1.82, 2.24) is 0 Å². The van der Waals surface area contributed by atoms with E-state index in [2.05, 4.69) is 311 Å². The molecule has 0 fully saturated rings. The smallest absolute Gasteiger partial charge is 0.260 e. The second-order valence-corrected chi connectivity index (χ2v) is 30.6. The van der Waals surface area contributed by atoms with E-state index in [1.807, 2.05) is 23.5 Å². The normalized spacial score (nSPS) is 18.2. The maximum Gasteiger partial charge on any atom is 0.260 e. The highest BCUT2D eigenvalue weighted by Gasteiger charge is 2.55. The highest BCUT2D eigenvalue weighted by Crippen LogP contribution is 2.54. The molecule has 19 rings (SSSR count). The number of para-hydroxylation sites is 6. The Balaban J connectivity index is 0.813. The SMILES string of the molecule is CC(C)(C)C1=CC2Oc3cc(N(c4ccccc4)c4ccccc4)cc4c3B(c3cc5c(cc3O4)Oc3cc(N(c4ccccc4)c4ccccc4)cc4c3B5c3cc5c(cc3O4)Oc3cc(N(c4ccccc4)c4ccccc4)cc4c3B5C3SC(C(C)(C)C)=CC3O4)C2S1. The molecule has 0 saturated heterocycles. The number of benzene rings is 11. The van der Waals surface area contributed by atoms with Crippen molar-refractivity contribution in [1.29, 1.82) is 0 Å². The maximum atomic E-state index is 7.52. The molecule has 8 aliphatic heterocycles. The fraction of sp³-hybridized carbons (Fsp3) is 0.146. The number of anilines is 9. The second-order valence-electron chi connectivity index (χ2n) is 28.1. The lowest BCUT2D eigenvalue weighted by molar-refractivity contribution is 0.260. The van der Waals surface area contributed by atoms with E-state index in [-0.39, 0.29) is 53.5 Å². The molecule has 96 heavy (non-hydrogen) atoms. The number of nitrogens with zero attached hydrogens (tertiary/aromatic N) is 3. The minimum Gasteiger partial charge on any atom is -0.486 e. The predicted molar refractivity (Wildman–Crippen MR) is 398 cm³/mol. The van der Waals surface area contributed by atoms with Crippen molar-refractivity contribution in [3.05, 3.63) is 265 Å². The number of hydrogen-bond donors (Lipinski definition) is 0. The first-order valence-electron chi connectivity index (χ1n) is 33.2. The standard InChI is InChI=1S/C82H64B3N3O6S2/c1-81(2,3)74-47-72-79(95-74)84-60-43-58-62(45-64(60)91-68-39-56(41-70(93-72)77(68)84)87(51-29-17-9-18-30-51)52-31-19-10-20-32-52)89-66-37-55(86(49-25-13-7-14-26-49)50-27-15-8-16-28-50)38-67-76(66)83(58)59-44-61-65(46-63(59)90-67)92-69-40-57(88(53-33-21-11-22-34-53)54-35-23-12-24-36-54)42-71-78(69)85(61)80-73(94-71)48-75(96-80)82(4,5)6/h7-48,72-73,79-80H,1-6H3. The van der Waals surface area contributed by atoms with Gasteiger partial charge in [-0.1, -0.05) is 163 Å². The number of thioether (sulfide) groups is 2. The lowest BCUT2D eigenvalue weighted by Crippen LogP contribution is -2.64. The van der Waals surface area contributed by atoms with Crippen LogP contribution in [-0.2, 0) is 0 Å². The fourth-order valence-electron chi connectivity index (χ4n) is 15.7. The van der Waals surface area contributed by atoms with Crippen molar-refractivity contribution >= 4 is 133 Å². The molecule has 8 aliphatic rings. The number of allylic oxidation sites excluding steroid dienone is 2. The first-order chi connectivity index (χ1) is 46.8. The summed E-state index contributed by atoms with van der Waals surface area (Å²) in [5.41, 5.74) is 16.1. The van der Waals surface area contributed by atoms with Crippen LogP contribution in [0.5, 0.6) is 57.5 Å². The summed E-state index contributed by atoms with van der Waals surface area (Å²) in [5.74, 6) is 7.61. The van der Waals surface area contributed by atoms with Gasteiger partial charge in [0.05, 0.1) is 17.1 Å². The summed E-state index contributed by atoms with van der Waals surface area (Å²) in [6, 6.07) is 85.7. The largest absolute Gasteiger partial charge is 0.486 e. The number of rotatable bonds is 9. The average molecular weight is 1280 g/mol. The highest BCUT2D eigenvalue weighted by atomic mass is 32.2. The Hall–Kier alpha value is -10.0. The Morgan fingerprint density at radius 3 is 0.854 bits per heavy atom. The molecule has 0 amide bonds. The number of fused-ring (bicyclic) bond motifs is 12. The van der Waals surface area contributed by atoms with Crippen LogP contribution < -0.4 is 81.4 Å². The summed E-state index contributed by atoms with van der Waals surface area (Å²) in [6.45, 7) is 13.3. The fourth-order valence-corrected chi connectivity index (χ4v) is 18.8. The Kier molecular flexibility index (Phi) is 13.0. The summed E-state index contributed by atoms with van der Waals surface area (Å²) < 4.78 is 44.6. The van der Waals surface area contributed by atoms with Crippen molar-refractivity contribution < 1.29 is 28.4 Å². The minimum absolute atomic E-state index is 0.0265. The van der Waals surface area contributed by atoms with Gasteiger partial charge in [0.1, 0.15) is 69.7 Å². The first-order valence-corrected chi connectivity index (χ1v) is 35.0. The molecule has 0 N–H and O–H groups in total. The van der Waals surface area contributed by atoms with Gasteiger partial charge in [0.15, 0.2) is 0 Å². The van der Waals surface area contributed by atoms with Gasteiger partial charge in [-0.15, -0.1) is 23.5 Å². The third kappa shape index (κ3) is 9.26. The number of hydrogen-bond acceptors (Lipinski definition) is 11. The molecule has 464 valence electrons. The van der Waals surface area contributed by atoms with Crippen LogP contribution in [0.3, 0.4) is 0 Å². The van der Waals surface area contributed by atoms with Crippen LogP contribution >= 0.6 is 23.5 Å². The molecule has 4 atom stereocenters. The minimum atomic E-state index is -0.332. The van der Waals surface area contributed by atoms with Crippen molar-refractivity contribution in [2.75, 3.05) is 14.7 Å². The van der Waals surface area contributed by atoms with Gasteiger partial charge < -0.3 is 43.1 Å². The molecular formula is C82H64B3N3O6S2. The van der Waals surface area contributed by atoms with Crippen molar-refractivity contribution in [2.24, 2.45) is 10.8 Å². The topological polar surface area (TPSA) is 65.1 Å². The molecule has 11 aromatic carbocycles. The molecule has 4 unspecified atom stereocenters.